The zero-order valence-electron chi connectivity index (χ0n) is 10.7. The highest BCUT2D eigenvalue weighted by Gasteiger charge is 2.06. The van der Waals surface area contributed by atoms with Gasteiger partial charge in [-0.2, -0.15) is 0 Å². The zero-order chi connectivity index (χ0) is 13.0. The smallest absolute Gasteiger partial charge is 0.251 e. The summed E-state index contributed by atoms with van der Waals surface area (Å²) < 4.78 is 0. The lowest BCUT2D eigenvalue weighted by Crippen LogP contribution is -2.29. The number of hydrogen-bond donors (Lipinski definition) is 1. The van der Waals surface area contributed by atoms with Gasteiger partial charge in [-0.1, -0.05) is 42.5 Å². The van der Waals surface area contributed by atoms with E-state index in [4.69, 9.17) is 0 Å². The Morgan fingerprint density at radius 2 is 1.44 bits per heavy atom. The molecule has 2 rings (SSSR count). The fourth-order valence-corrected chi connectivity index (χ4v) is 1.79. The Hall–Kier alpha value is -2.09. The summed E-state index contributed by atoms with van der Waals surface area (Å²) in [6, 6.07) is 18.0. The van der Waals surface area contributed by atoms with Crippen LogP contribution in [-0.4, -0.2) is 11.9 Å². The lowest BCUT2D eigenvalue weighted by molar-refractivity contribution is 0.0943. The fraction of sp³-hybridized carbons (Fsp3) is 0.188. The molecule has 2 aromatic carbocycles. The van der Waals surface area contributed by atoms with Gasteiger partial charge in [0.2, 0.25) is 0 Å². The van der Waals surface area contributed by atoms with Gasteiger partial charge >= 0.3 is 0 Å². The maximum atomic E-state index is 11.8. The summed E-state index contributed by atoms with van der Waals surface area (Å²) in [5.41, 5.74) is 2.98. The second kappa shape index (κ2) is 5.50. The van der Waals surface area contributed by atoms with Crippen molar-refractivity contribution in [3.63, 3.8) is 0 Å². The summed E-state index contributed by atoms with van der Waals surface area (Å²) in [5.74, 6) is -0.0235. The van der Waals surface area contributed by atoms with E-state index in [1.807, 2.05) is 56.3 Å². The molecule has 0 heterocycles. The predicted molar refractivity (Wildman–Crippen MR) is 74.5 cm³/mol. The number of nitrogens with one attached hydrogen (secondary N) is 1. The molecule has 0 saturated carbocycles. The van der Waals surface area contributed by atoms with Crippen molar-refractivity contribution in [3.05, 3.63) is 60.2 Å². The highest BCUT2D eigenvalue weighted by Crippen LogP contribution is 2.19. The van der Waals surface area contributed by atoms with Crippen molar-refractivity contribution >= 4 is 5.91 Å². The molecule has 2 aromatic rings. The van der Waals surface area contributed by atoms with Gasteiger partial charge in [0.15, 0.2) is 0 Å². The molecule has 0 aliphatic rings. The molecule has 1 amide bonds. The number of rotatable bonds is 3. The van der Waals surface area contributed by atoms with Gasteiger partial charge in [0, 0.05) is 11.6 Å². The Labute approximate surface area is 108 Å². The third-order valence-electron chi connectivity index (χ3n) is 2.67. The molecule has 18 heavy (non-hydrogen) atoms. The monoisotopic (exact) mass is 239 g/mol. The van der Waals surface area contributed by atoms with Crippen molar-refractivity contribution in [3.8, 4) is 11.1 Å². The summed E-state index contributed by atoms with van der Waals surface area (Å²) in [4.78, 5) is 11.8. The van der Waals surface area contributed by atoms with Gasteiger partial charge in [0.25, 0.3) is 5.91 Å². The van der Waals surface area contributed by atoms with Gasteiger partial charge in [-0.15, -0.1) is 0 Å². The molecule has 0 saturated heterocycles. The second-order valence-electron chi connectivity index (χ2n) is 4.57. The van der Waals surface area contributed by atoms with Crippen LogP contribution in [0, 0.1) is 0 Å². The predicted octanol–water partition coefficient (Wildman–Crippen LogP) is 3.49. The van der Waals surface area contributed by atoms with Crippen molar-refractivity contribution < 1.29 is 4.79 Å². The Morgan fingerprint density at radius 3 is 2.00 bits per heavy atom. The maximum Gasteiger partial charge on any atom is 0.251 e. The molecule has 0 aliphatic heterocycles. The van der Waals surface area contributed by atoms with Crippen LogP contribution in [0.25, 0.3) is 11.1 Å². The van der Waals surface area contributed by atoms with Gasteiger partial charge in [-0.05, 0) is 37.1 Å². The van der Waals surface area contributed by atoms with Crippen LogP contribution in [0.5, 0.6) is 0 Å². The van der Waals surface area contributed by atoms with Crippen LogP contribution < -0.4 is 5.32 Å². The average Bonchev–Trinajstić information content (AvgIpc) is 2.39. The first-order valence-electron chi connectivity index (χ1n) is 6.13. The Bertz CT molecular complexity index is 515. The SMILES string of the molecule is CC(C)NC(=O)c1ccc(-c2ccccc2)cc1. The van der Waals surface area contributed by atoms with E-state index in [2.05, 4.69) is 17.4 Å². The van der Waals surface area contributed by atoms with E-state index in [1.54, 1.807) is 0 Å². The van der Waals surface area contributed by atoms with Crippen molar-refractivity contribution in [2.24, 2.45) is 0 Å². The number of benzene rings is 2. The van der Waals surface area contributed by atoms with E-state index in [0.29, 0.717) is 5.56 Å². The molecule has 2 heteroatoms. The normalized spacial score (nSPS) is 10.4. The highest BCUT2D eigenvalue weighted by molar-refractivity contribution is 5.94. The quantitative estimate of drug-likeness (QED) is 0.872. The lowest BCUT2D eigenvalue weighted by Gasteiger charge is -2.08. The molecular formula is C16H17NO. The summed E-state index contributed by atoms with van der Waals surface area (Å²) in [6.45, 7) is 3.91. The Kier molecular flexibility index (Phi) is 3.78. The molecule has 0 unspecified atom stereocenters. The van der Waals surface area contributed by atoms with Gasteiger partial charge in [0.1, 0.15) is 0 Å². The third-order valence-corrected chi connectivity index (χ3v) is 2.67. The molecule has 0 bridgehead atoms. The molecule has 1 N–H and O–H groups in total. The van der Waals surface area contributed by atoms with Crippen LogP contribution in [-0.2, 0) is 0 Å². The van der Waals surface area contributed by atoms with Gasteiger partial charge in [-0.3, -0.25) is 4.79 Å². The van der Waals surface area contributed by atoms with E-state index in [-0.39, 0.29) is 11.9 Å². The molecule has 0 spiro atoms. The van der Waals surface area contributed by atoms with Crippen molar-refractivity contribution in [2.75, 3.05) is 0 Å². The molecular weight excluding hydrogens is 222 g/mol. The van der Waals surface area contributed by atoms with Crippen molar-refractivity contribution in [1.29, 1.82) is 0 Å². The van der Waals surface area contributed by atoms with Crippen LogP contribution in [0.2, 0.25) is 0 Å². The molecule has 92 valence electrons. The van der Waals surface area contributed by atoms with E-state index < -0.39 is 0 Å². The lowest BCUT2D eigenvalue weighted by atomic mass is 10.0. The summed E-state index contributed by atoms with van der Waals surface area (Å²) in [6.07, 6.45) is 0. The topological polar surface area (TPSA) is 29.1 Å². The van der Waals surface area contributed by atoms with Crippen LogP contribution >= 0.6 is 0 Å². The first-order valence-corrected chi connectivity index (χ1v) is 6.13. The van der Waals surface area contributed by atoms with E-state index in [9.17, 15) is 4.79 Å². The minimum Gasteiger partial charge on any atom is -0.350 e. The first-order chi connectivity index (χ1) is 8.66. The maximum absolute atomic E-state index is 11.8. The number of carbonyl (C=O) groups is 1. The Balaban J connectivity index is 2.18. The molecule has 0 atom stereocenters. The Morgan fingerprint density at radius 1 is 0.889 bits per heavy atom. The third kappa shape index (κ3) is 2.98. The summed E-state index contributed by atoms with van der Waals surface area (Å²) in [5, 5.41) is 2.88. The number of hydrogen-bond acceptors (Lipinski definition) is 1. The van der Waals surface area contributed by atoms with E-state index in [0.717, 1.165) is 11.1 Å². The fourth-order valence-electron chi connectivity index (χ4n) is 1.79. The largest absolute Gasteiger partial charge is 0.350 e. The highest BCUT2D eigenvalue weighted by atomic mass is 16.1. The van der Waals surface area contributed by atoms with Crippen molar-refractivity contribution in [1.82, 2.24) is 5.32 Å². The van der Waals surface area contributed by atoms with Crippen LogP contribution in [0.15, 0.2) is 54.6 Å². The summed E-state index contributed by atoms with van der Waals surface area (Å²) in [7, 11) is 0. The van der Waals surface area contributed by atoms with Crippen LogP contribution in [0.1, 0.15) is 24.2 Å². The molecule has 2 nitrogen and oxygen atoms in total. The first kappa shape index (κ1) is 12.4. The van der Waals surface area contributed by atoms with Crippen LogP contribution in [0.3, 0.4) is 0 Å². The minimum absolute atomic E-state index is 0.0235. The van der Waals surface area contributed by atoms with Gasteiger partial charge < -0.3 is 5.32 Å². The molecule has 0 aliphatic carbocycles. The van der Waals surface area contributed by atoms with Crippen molar-refractivity contribution in [2.45, 2.75) is 19.9 Å². The number of carbonyl (C=O) groups excluding carboxylic acids is 1. The number of amides is 1. The standard InChI is InChI=1S/C16H17NO/c1-12(2)17-16(18)15-10-8-14(9-11-15)13-6-4-3-5-7-13/h3-12H,1-2H3,(H,17,18). The molecule has 0 aromatic heterocycles. The van der Waals surface area contributed by atoms with E-state index in [1.165, 1.54) is 0 Å². The molecule has 0 radical (unpaired) electrons. The van der Waals surface area contributed by atoms with Gasteiger partial charge in [-0.25, -0.2) is 0 Å². The zero-order valence-corrected chi connectivity index (χ0v) is 10.7. The van der Waals surface area contributed by atoms with Gasteiger partial charge in [0.05, 0.1) is 0 Å². The summed E-state index contributed by atoms with van der Waals surface area (Å²) >= 11 is 0. The minimum atomic E-state index is -0.0235. The second-order valence-corrected chi connectivity index (χ2v) is 4.57. The average molecular weight is 239 g/mol. The molecule has 0 fully saturated rings. The van der Waals surface area contributed by atoms with E-state index >= 15 is 0 Å². The van der Waals surface area contributed by atoms with Crippen LogP contribution in [0.4, 0.5) is 0 Å².